The van der Waals surface area contributed by atoms with Crippen molar-refractivity contribution in [3.63, 3.8) is 0 Å². The molecule has 0 spiro atoms. The van der Waals surface area contributed by atoms with Crippen LogP contribution in [0.15, 0.2) is 116 Å². The molecule has 3 aromatic carbocycles. The molecule has 0 unspecified atom stereocenters. The summed E-state index contributed by atoms with van der Waals surface area (Å²) in [6.07, 6.45) is 5.11. The number of rotatable bonds is 12. The molecule has 2 saturated heterocycles. The fourth-order valence-electron chi connectivity index (χ4n) is 5.71. The van der Waals surface area contributed by atoms with E-state index in [1.807, 2.05) is 91.0 Å². The average molecular weight is 593 g/mol. The zero-order valence-corrected chi connectivity index (χ0v) is 24.5. The van der Waals surface area contributed by atoms with Gasteiger partial charge in [0.25, 0.3) is 0 Å². The van der Waals surface area contributed by atoms with Crippen LogP contribution in [0.2, 0.25) is 0 Å². The van der Waals surface area contributed by atoms with Crippen molar-refractivity contribution in [3.05, 3.63) is 132 Å². The molecule has 8 heteroatoms. The number of ether oxygens (including phenoxy) is 2. The molecule has 0 radical (unpaired) electrons. The van der Waals surface area contributed by atoms with Crippen LogP contribution < -0.4 is 0 Å². The second-order valence-corrected chi connectivity index (χ2v) is 11.1. The summed E-state index contributed by atoms with van der Waals surface area (Å²) in [6, 6.07) is 27.9. The number of cyclic esters (lactones) is 2. The third-order valence-electron chi connectivity index (χ3n) is 7.95. The Labute approximate surface area is 257 Å². The Kier molecular flexibility index (Phi) is 10.0. The highest BCUT2D eigenvalue weighted by atomic mass is 16.6. The molecule has 2 aliphatic heterocycles. The first-order valence-corrected chi connectivity index (χ1v) is 14.8. The van der Waals surface area contributed by atoms with Crippen LogP contribution in [-0.2, 0) is 38.3 Å². The van der Waals surface area contributed by atoms with Crippen LogP contribution in [0.25, 0.3) is 0 Å². The molecule has 4 amide bonds. The number of hydrogen-bond donors (Lipinski definition) is 0. The molecule has 2 aliphatic rings. The van der Waals surface area contributed by atoms with Gasteiger partial charge in [-0.2, -0.15) is 0 Å². The van der Waals surface area contributed by atoms with Gasteiger partial charge in [0.1, 0.15) is 13.2 Å². The monoisotopic (exact) mass is 592 g/mol. The van der Waals surface area contributed by atoms with Crippen molar-refractivity contribution in [3.8, 4) is 0 Å². The van der Waals surface area contributed by atoms with E-state index in [9.17, 15) is 19.2 Å². The summed E-state index contributed by atoms with van der Waals surface area (Å²) in [5.74, 6) is -2.33. The van der Waals surface area contributed by atoms with E-state index in [-0.39, 0.29) is 19.6 Å². The molecule has 0 N–H and O–H groups in total. The van der Waals surface area contributed by atoms with Gasteiger partial charge in [-0.3, -0.25) is 9.59 Å². The number of amides is 4. The topological polar surface area (TPSA) is 93.2 Å². The summed E-state index contributed by atoms with van der Waals surface area (Å²) in [4.78, 5) is 55.8. The van der Waals surface area contributed by atoms with Crippen LogP contribution in [-0.4, -0.2) is 59.1 Å². The lowest BCUT2D eigenvalue weighted by atomic mass is 9.93. The maximum atomic E-state index is 14.0. The summed E-state index contributed by atoms with van der Waals surface area (Å²) >= 11 is 0. The standard InChI is InChI=1S/C36H36N2O6/c1-2-12-29(33(39)37-31(24-43-35(37)41)22-27-15-8-4-9-16-27)19-20-30(21-26-13-6-3-7-14-26)34(40)38-32(25-44-36(38)42)23-28-17-10-5-11-18-28/h2-11,13-20,29-32H,1,12,21-25H2/t29-,30+,31-,32-/m0/s1. The van der Waals surface area contributed by atoms with Crippen LogP contribution in [0.3, 0.4) is 0 Å². The van der Waals surface area contributed by atoms with Crippen LogP contribution >= 0.6 is 0 Å². The lowest BCUT2D eigenvalue weighted by Crippen LogP contribution is -2.44. The third-order valence-corrected chi connectivity index (χ3v) is 7.95. The number of carbonyl (C=O) groups is 4. The zero-order chi connectivity index (χ0) is 30.9. The predicted octanol–water partition coefficient (Wildman–Crippen LogP) is 5.77. The number of carbonyl (C=O) groups excluding carboxylic acids is 4. The molecule has 3 aromatic rings. The second-order valence-electron chi connectivity index (χ2n) is 11.1. The third kappa shape index (κ3) is 7.32. The lowest BCUT2D eigenvalue weighted by Gasteiger charge is -2.25. The van der Waals surface area contributed by atoms with Crippen molar-refractivity contribution in [1.29, 1.82) is 0 Å². The van der Waals surface area contributed by atoms with Gasteiger partial charge in [-0.25, -0.2) is 19.4 Å². The van der Waals surface area contributed by atoms with Gasteiger partial charge >= 0.3 is 12.2 Å². The SMILES string of the molecule is C=CC[C@@H](C=C[C@H](Cc1ccccc1)C(=O)N1C(=O)OC[C@@H]1Cc1ccccc1)C(=O)N1C(=O)OC[C@@H]1Cc1ccccc1. The van der Waals surface area contributed by atoms with Crippen molar-refractivity contribution < 1.29 is 28.7 Å². The Morgan fingerprint density at radius 3 is 1.55 bits per heavy atom. The van der Waals surface area contributed by atoms with E-state index >= 15 is 0 Å². The normalized spacial score (nSPS) is 19.5. The van der Waals surface area contributed by atoms with Crippen molar-refractivity contribution in [2.75, 3.05) is 13.2 Å². The molecule has 4 atom stereocenters. The number of hydrogen-bond acceptors (Lipinski definition) is 6. The fraction of sp³-hybridized carbons (Fsp3) is 0.278. The summed E-state index contributed by atoms with van der Waals surface area (Å²) in [5, 5.41) is 0. The highest BCUT2D eigenvalue weighted by molar-refractivity contribution is 5.97. The fourth-order valence-corrected chi connectivity index (χ4v) is 5.71. The summed E-state index contributed by atoms with van der Waals surface area (Å²) in [6.45, 7) is 4.03. The number of allylic oxidation sites excluding steroid dienone is 1. The molecule has 5 rings (SSSR count). The predicted molar refractivity (Wildman–Crippen MR) is 165 cm³/mol. The molecule has 0 aliphatic carbocycles. The van der Waals surface area contributed by atoms with Crippen LogP contribution in [0.4, 0.5) is 9.59 Å². The number of imide groups is 2. The van der Waals surface area contributed by atoms with Crippen molar-refractivity contribution in [2.45, 2.75) is 37.8 Å². The maximum absolute atomic E-state index is 14.0. The molecule has 2 fully saturated rings. The number of benzene rings is 3. The first kappa shape index (κ1) is 30.5. The minimum atomic E-state index is -0.757. The zero-order valence-electron chi connectivity index (χ0n) is 24.5. The molecule has 44 heavy (non-hydrogen) atoms. The minimum absolute atomic E-state index is 0.110. The molecule has 0 saturated carbocycles. The van der Waals surface area contributed by atoms with E-state index in [0.29, 0.717) is 19.3 Å². The van der Waals surface area contributed by atoms with Crippen LogP contribution in [0, 0.1) is 11.8 Å². The van der Waals surface area contributed by atoms with Crippen LogP contribution in [0.1, 0.15) is 23.1 Å². The molecule has 0 bridgehead atoms. The van der Waals surface area contributed by atoms with Gasteiger partial charge in [0.2, 0.25) is 11.8 Å². The van der Waals surface area contributed by atoms with Crippen molar-refractivity contribution in [1.82, 2.24) is 9.80 Å². The van der Waals surface area contributed by atoms with E-state index in [2.05, 4.69) is 6.58 Å². The van der Waals surface area contributed by atoms with E-state index in [1.54, 1.807) is 18.2 Å². The summed E-state index contributed by atoms with van der Waals surface area (Å²) < 4.78 is 10.6. The molecule has 8 nitrogen and oxygen atoms in total. The molecular weight excluding hydrogens is 556 g/mol. The smallest absolute Gasteiger partial charge is 0.417 e. The average Bonchev–Trinajstić information content (AvgIpc) is 3.60. The van der Waals surface area contributed by atoms with Gasteiger partial charge in [0.15, 0.2) is 0 Å². The van der Waals surface area contributed by atoms with Gasteiger partial charge in [-0.15, -0.1) is 6.58 Å². The van der Waals surface area contributed by atoms with E-state index in [0.717, 1.165) is 16.7 Å². The Balaban J connectivity index is 1.39. The first-order chi connectivity index (χ1) is 21.4. The quantitative estimate of drug-likeness (QED) is 0.248. The van der Waals surface area contributed by atoms with E-state index < -0.39 is 47.9 Å². The van der Waals surface area contributed by atoms with Crippen molar-refractivity contribution in [2.24, 2.45) is 11.8 Å². The maximum Gasteiger partial charge on any atom is 0.417 e. The van der Waals surface area contributed by atoms with Crippen LogP contribution in [0.5, 0.6) is 0 Å². The highest BCUT2D eigenvalue weighted by Gasteiger charge is 2.42. The number of nitrogens with zero attached hydrogens (tertiary/aromatic N) is 2. The van der Waals surface area contributed by atoms with Crippen molar-refractivity contribution >= 4 is 24.0 Å². The molecule has 0 aromatic heterocycles. The molecule has 226 valence electrons. The second kappa shape index (κ2) is 14.5. The highest BCUT2D eigenvalue weighted by Crippen LogP contribution is 2.26. The Morgan fingerprint density at radius 2 is 1.09 bits per heavy atom. The van der Waals surface area contributed by atoms with Gasteiger partial charge in [0, 0.05) is 0 Å². The van der Waals surface area contributed by atoms with E-state index in [4.69, 9.17) is 9.47 Å². The Hall–Kier alpha value is -4.98. The van der Waals surface area contributed by atoms with Gasteiger partial charge in [-0.05, 0) is 42.4 Å². The van der Waals surface area contributed by atoms with Gasteiger partial charge in [-0.1, -0.05) is 109 Å². The molecule has 2 heterocycles. The lowest BCUT2D eigenvalue weighted by molar-refractivity contribution is -0.133. The van der Waals surface area contributed by atoms with Gasteiger partial charge < -0.3 is 9.47 Å². The largest absolute Gasteiger partial charge is 0.447 e. The minimum Gasteiger partial charge on any atom is -0.447 e. The molecular formula is C36H36N2O6. The summed E-state index contributed by atoms with van der Waals surface area (Å²) in [7, 11) is 0. The first-order valence-electron chi connectivity index (χ1n) is 14.8. The Morgan fingerprint density at radius 1 is 0.682 bits per heavy atom. The summed E-state index contributed by atoms with van der Waals surface area (Å²) in [5.41, 5.74) is 2.88. The Bertz CT molecular complexity index is 1490. The van der Waals surface area contributed by atoms with Gasteiger partial charge in [0.05, 0.1) is 23.9 Å². The van der Waals surface area contributed by atoms with E-state index in [1.165, 1.54) is 9.80 Å².